The van der Waals surface area contributed by atoms with E-state index in [1.54, 1.807) is 54.9 Å². The Morgan fingerprint density at radius 3 is 2.50 bits per heavy atom. The number of para-hydroxylation sites is 1. The molecule has 1 amide bonds. The molecule has 0 radical (unpaired) electrons. The molecule has 1 heterocycles. The predicted octanol–water partition coefficient (Wildman–Crippen LogP) is 2.99. The Morgan fingerprint density at radius 2 is 1.80 bits per heavy atom. The summed E-state index contributed by atoms with van der Waals surface area (Å²) in [7, 11) is -3.95. The minimum atomic E-state index is -3.95. The van der Waals surface area contributed by atoms with Gasteiger partial charge < -0.3 is 0 Å². The van der Waals surface area contributed by atoms with Crippen LogP contribution in [0.4, 0.5) is 5.69 Å². The van der Waals surface area contributed by atoms with Crippen molar-refractivity contribution >= 4 is 27.8 Å². The van der Waals surface area contributed by atoms with Gasteiger partial charge in [0.1, 0.15) is 6.54 Å². The zero-order chi connectivity index (χ0) is 21.4. The van der Waals surface area contributed by atoms with Crippen molar-refractivity contribution in [2.45, 2.75) is 18.2 Å². The number of pyridine rings is 1. The number of benzene rings is 2. The van der Waals surface area contributed by atoms with Gasteiger partial charge in [-0.25, -0.2) is 13.8 Å². The van der Waals surface area contributed by atoms with Gasteiger partial charge in [-0.1, -0.05) is 49.4 Å². The van der Waals surface area contributed by atoms with Gasteiger partial charge in [0, 0.05) is 18.0 Å². The van der Waals surface area contributed by atoms with Crippen LogP contribution in [0.3, 0.4) is 0 Å². The zero-order valence-electron chi connectivity index (χ0n) is 16.5. The maximum atomic E-state index is 13.3. The van der Waals surface area contributed by atoms with E-state index in [1.165, 1.54) is 18.3 Å². The number of rotatable bonds is 8. The second kappa shape index (κ2) is 9.80. The standard InChI is InChI=1S/C22H22N4O3S/c1-2-19-10-6-7-13-21(19)26(30(28,29)20-11-4-3-5-12-20)17-22(27)25-24-16-18-9-8-14-23-15-18/h3-16H,2,17H2,1H3,(H,25,27)/b24-16-. The number of hydrazone groups is 1. The lowest BCUT2D eigenvalue weighted by Gasteiger charge is -2.25. The Kier molecular flexibility index (Phi) is 6.92. The van der Waals surface area contributed by atoms with Gasteiger partial charge in [0.15, 0.2) is 0 Å². The first kappa shape index (κ1) is 21.2. The SMILES string of the molecule is CCc1ccccc1N(CC(=O)N/N=C\c1cccnc1)S(=O)(=O)c1ccccc1. The Morgan fingerprint density at radius 1 is 1.07 bits per heavy atom. The monoisotopic (exact) mass is 422 g/mol. The highest BCUT2D eigenvalue weighted by molar-refractivity contribution is 7.92. The summed E-state index contributed by atoms with van der Waals surface area (Å²) in [5.41, 5.74) is 4.39. The third-order valence-electron chi connectivity index (χ3n) is 4.35. The highest BCUT2D eigenvalue weighted by Crippen LogP contribution is 2.27. The second-order valence-electron chi connectivity index (χ2n) is 6.39. The molecule has 1 N–H and O–H groups in total. The lowest BCUT2D eigenvalue weighted by Crippen LogP contribution is -2.40. The van der Waals surface area contributed by atoms with E-state index >= 15 is 0 Å². The second-order valence-corrected chi connectivity index (χ2v) is 8.25. The molecule has 154 valence electrons. The summed E-state index contributed by atoms with van der Waals surface area (Å²) in [5.74, 6) is -0.555. The van der Waals surface area contributed by atoms with Gasteiger partial charge in [0.05, 0.1) is 16.8 Å². The first-order chi connectivity index (χ1) is 14.5. The fourth-order valence-electron chi connectivity index (χ4n) is 2.87. The van der Waals surface area contributed by atoms with E-state index in [1.807, 2.05) is 19.1 Å². The number of aromatic nitrogens is 1. The Balaban J connectivity index is 1.88. The summed E-state index contributed by atoms with van der Waals surface area (Å²) < 4.78 is 27.8. The molecular weight excluding hydrogens is 400 g/mol. The molecule has 8 heteroatoms. The molecule has 3 aromatic rings. The number of carbonyl (C=O) groups is 1. The Labute approximate surface area is 176 Å². The molecule has 0 aliphatic carbocycles. The highest BCUT2D eigenvalue weighted by atomic mass is 32.2. The first-order valence-corrected chi connectivity index (χ1v) is 10.8. The fraction of sp³-hybridized carbons (Fsp3) is 0.136. The summed E-state index contributed by atoms with van der Waals surface area (Å²) in [6, 6.07) is 18.7. The van der Waals surface area contributed by atoms with Crippen LogP contribution in [0, 0.1) is 0 Å². The van der Waals surface area contributed by atoms with Crippen LogP contribution in [0.1, 0.15) is 18.1 Å². The van der Waals surface area contributed by atoms with Gasteiger partial charge >= 0.3 is 0 Å². The first-order valence-electron chi connectivity index (χ1n) is 9.40. The fourth-order valence-corrected chi connectivity index (χ4v) is 4.35. The lowest BCUT2D eigenvalue weighted by molar-refractivity contribution is -0.119. The number of nitrogens with one attached hydrogen (secondary N) is 1. The average molecular weight is 423 g/mol. The maximum Gasteiger partial charge on any atom is 0.264 e. The highest BCUT2D eigenvalue weighted by Gasteiger charge is 2.28. The van der Waals surface area contributed by atoms with Crippen LogP contribution in [0.25, 0.3) is 0 Å². The molecule has 0 fully saturated rings. The van der Waals surface area contributed by atoms with E-state index in [0.717, 1.165) is 9.87 Å². The number of aryl methyl sites for hydroxylation is 1. The minimum Gasteiger partial charge on any atom is -0.271 e. The van der Waals surface area contributed by atoms with Crippen LogP contribution in [0.5, 0.6) is 0 Å². The number of sulfonamides is 1. The van der Waals surface area contributed by atoms with Crippen molar-refractivity contribution in [3.8, 4) is 0 Å². The molecule has 3 rings (SSSR count). The van der Waals surface area contributed by atoms with Crippen LogP contribution >= 0.6 is 0 Å². The van der Waals surface area contributed by atoms with E-state index in [0.29, 0.717) is 17.7 Å². The quantitative estimate of drug-likeness (QED) is 0.446. The van der Waals surface area contributed by atoms with Gasteiger partial charge in [-0.2, -0.15) is 5.10 Å². The average Bonchev–Trinajstić information content (AvgIpc) is 2.78. The number of hydrogen-bond donors (Lipinski definition) is 1. The number of amides is 1. The topological polar surface area (TPSA) is 91.7 Å². The molecule has 0 aliphatic rings. The molecule has 0 spiro atoms. The van der Waals surface area contributed by atoms with Crippen molar-refractivity contribution in [1.82, 2.24) is 10.4 Å². The largest absolute Gasteiger partial charge is 0.271 e. The van der Waals surface area contributed by atoms with Crippen LogP contribution in [0.2, 0.25) is 0 Å². The van der Waals surface area contributed by atoms with E-state index in [4.69, 9.17) is 0 Å². The summed E-state index contributed by atoms with van der Waals surface area (Å²) in [5, 5.41) is 3.90. The number of nitrogens with zero attached hydrogens (tertiary/aromatic N) is 3. The van der Waals surface area contributed by atoms with Crippen LogP contribution < -0.4 is 9.73 Å². The van der Waals surface area contributed by atoms with Crippen molar-refractivity contribution < 1.29 is 13.2 Å². The summed E-state index contributed by atoms with van der Waals surface area (Å²) in [6.45, 7) is 1.53. The van der Waals surface area contributed by atoms with Crippen LogP contribution in [-0.4, -0.2) is 32.1 Å². The van der Waals surface area contributed by atoms with Crippen molar-refractivity contribution in [1.29, 1.82) is 0 Å². The molecule has 1 aromatic heterocycles. The lowest BCUT2D eigenvalue weighted by atomic mass is 10.1. The van der Waals surface area contributed by atoms with Gasteiger partial charge in [0.25, 0.3) is 15.9 Å². The van der Waals surface area contributed by atoms with E-state index in [-0.39, 0.29) is 4.90 Å². The van der Waals surface area contributed by atoms with Crippen LogP contribution in [-0.2, 0) is 21.2 Å². The van der Waals surface area contributed by atoms with Gasteiger partial charge in [-0.3, -0.25) is 14.1 Å². The molecule has 0 aliphatic heterocycles. The van der Waals surface area contributed by atoms with Gasteiger partial charge in [0.2, 0.25) is 0 Å². The van der Waals surface area contributed by atoms with Crippen molar-refractivity contribution in [3.63, 3.8) is 0 Å². The number of carbonyl (C=O) groups excluding carboxylic acids is 1. The van der Waals surface area contributed by atoms with E-state index < -0.39 is 22.5 Å². The van der Waals surface area contributed by atoms with E-state index in [2.05, 4.69) is 15.5 Å². The predicted molar refractivity (Wildman–Crippen MR) is 117 cm³/mol. The Hall–Kier alpha value is -3.52. The molecule has 2 aromatic carbocycles. The smallest absolute Gasteiger partial charge is 0.264 e. The van der Waals surface area contributed by atoms with Crippen molar-refractivity contribution in [3.05, 3.63) is 90.3 Å². The molecule has 0 bridgehead atoms. The van der Waals surface area contributed by atoms with Gasteiger partial charge in [-0.05, 0) is 36.2 Å². The molecule has 0 unspecified atom stereocenters. The molecule has 30 heavy (non-hydrogen) atoms. The van der Waals surface area contributed by atoms with Gasteiger partial charge in [-0.15, -0.1) is 0 Å². The summed E-state index contributed by atoms with van der Waals surface area (Å²) in [4.78, 5) is 16.6. The third kappa shape index (κ3) is 5.09. The molecule has 0 saturated heterocycles. The minimum absolute atomic E-state index is 0.113. The number of hydrogen-bond acceptors (Lipinski definition) is 5. The van der Waals surface area contributed by atoms with Crippen molar-refractivity contribution in [2.24, 2.45) is 5.10 Å². The Bertz CT molecular complexity index is 1120. The normalized spacial score (nSPS) is 11.4. The van der Waals surface area contributed by atoms with Crippen LogP contribution in [0.15, 0.2) is 89.1 Å². The van der Waals surface area contributed by atoms with E-state index in [9.17, 15) is 13.2 Å². The molecular formula is C22H22N4O3S. The maximum absolute atomic E-state index is 13.3. The summed E-state index contributed by atoms with van der Waals surface area (Å²) >= 11 is 0. The zero-order valence-corrected chi connectivity index (χ0v) is 17.3. The number of anilines is 1. The molecule has 7 nitrogen and oxygen atoms in total. The third-order valence-corrected chi connectivity index (χ3v) is 6.12. The summed E-state index contributed by atoms with van der Waals surface area (Å²) in [6.07, 6.45) is 5.30. The van der Waals surface area contributed by atoms with Crippen molar-refractivity contribution in [2.75, 3.05) is 10.8 Å². The molecule has 0 saturated carbocycles. The molecule has 0 atom stereocenters.